The molecule has 2 rings (SSSR count). The minimum atomic E-state index is 0.170. The molecule has 2 aliphatic carbocycles. The SMILES string of the molecule is CC1CCC(N(C)C(=O)C2CC(C)CC(N)C2)CC1. The lowest BCUT2D eigenvalue weighted by atomic mass is 9.78. The molecule has 0 aromatic heterocycles. The Balaban J connectivity index is 1.91. The Morgan fingerprint density at radius 3 is 2.21 bits per heavy atom. The molecule has 2 saturated carbocycles. The Bertz CT molecular complexity index is 300. The monoisotopic (exact) mass is 266 g/mol. The zero-order valence-corrected chi connectivity index (χ0v) is 12.8. The van der Waals surface area contributed by atoms with E-state index >= 15 is 0 Å². The van der Waals surface area contributed by atoms with Crippen molar-refractivity contribution in [1.82, 2.24) is 4.90 Å². The maximum atomic E-state index is 12.6. The van der Waals surface area contributed by atoms with Gasteiger partial charge < -0.3 is 10.6 Å². The molecule has 0 spiro atoms. The molecule has 3 nitrogen and oxygen atoms in total. The maximum Gasteiger partial charge on any atom is 0.225 e. The Morgan fingerprint density at radius 2 is 1.63 bits per heavy atom. The summed E-state index contributed by atoms with van der Waals surface area (Å²) in [6.45, 7) is 4.54. The van der Waals surface area contributed by atoms with E-state index in [1.54, 1.807) is 0 Å². The fraction of sp³-hybridized carbons (Fsp3) is 0.938. The second-order valence-electron chi connectivity index (χ2n) is 7.13. The van der Waals surface area contributed by atoms with Crippen LogP contribution in [0.15, 0.2) is 0 Å². The zero-order chi connectivity index (χ0) is 14.0. The van der Waals surface area contributed by atoms with Crippen molar-refractivity contribution in [2.24, 2.45) is 23.5 Å². The van der Waals surface area contributed by atoms with E-state index < -0.39 is 0 Å². The molecule has 2 N–H and O–H groups in total. The molecule has 110 valence electrons. The molecule has 0 radical (unpaired) electrons. The Labute approximate surface area is 117 Å². The Hall–Kier alpha value is -0.570. The van der Waals surface area contributed by atoms with Crippen LogP contribution in [0.2, 0.25) is 0 Å². The lowest BCUT2D eigenvalue weighted by molar-refractivity contribution is -0.138. The first kappa shape index (κ1) is 14.8. The predicted octanol–water partition coefficient (Wildman–Crippen LogP) is 2.79. The van der Waals surface area contributed by atoms with Gasteiger partial charge in [-0.2, -0.15) is 0 Å². The molecule has 0 bridgehead atoms. The van der Waals surface area contributed by atoms with E-state index in [-0.39, 0.29) is 12.0 Å². The summed E-state index contributed by atoms with van der Waals surface area (Å²) in [6.07, 6.45) is 7.88. The van der Waals surface area contributed by atoms with Gasteiger partial charge in [0.05, 0.1) is 0 Å². The third kappa shape index (κ3) is 3.71. The van der Waals surface area contributed by atoms with Crippen molar-refractivity contribution < 1.29 is 4.79 Å². The highest BCUT2D eigenvalue weighted by Crippen LogP contribution is 2.32. The molecule has 2 fully saturated rings. The van der Waals surface area contributed by atoms with Crippen LogP contribution in [0.3, 0.4) is 0 Å². The highest BCUT2D eigenvalue weighted by molar-refractivity contribution is 5.79. The number of amides is 1. The first-order valence-electron chi connectivity index (χ1n) is 7.99. The number of carbonyl (C=O) groups excluding carboxylic acids is 1. The molecular weight excluding hydrogens is 236 g/mol. The molecule has 19 heavy (non-hydrogen) atoms. The van der Waals surface area contributed by atoms with Gasteiger partial charge in [0, 0.05) is 25.0 Å². The molecule has 1 amide bonds. The van der Waals surface area contributed by atoms with Crippen molar-refractivity contribution in [3.63, 3.8) is 0 Å². The summed E-state index contributed by atoms with van der Waals surface area (Å²) in [7, 11) is 2.01. The van der Waals surface area contributed by atoms with Crippen LogP contribution in [0.25, 0.3) is 0 Å². The molecule has 0 aromatic rings. The summed E-state index contributed by atoms with van der Waals surface area (Å²) >= 11 is 0. The molecule has 3 unspecified atom stereocenters. The van der Waals surface area contributed by atoms with E-state index in [0.29, 0.717) is 17.9 Å². The van der Waals surface area contributed by atoms with E-state index in [9.17, 15) is 4.79 Å². The molecule has 0 aliphatic heterocycles. The van der Waals surface area contributed by atoms with Gasteiger partial charge in [-0.1, -0.05) is 13.8 Å². The summed E-state index contributed by atoms with van der Waals surface area (Å²) in [5, 5.41) is 0. The topological polar surface area (TPSA) is 46.3 Å². The average Bonchev–Trinajstić information content (AvgIpc) is 2.37. The number of nitrogens with two attached hydrogens (primary N) is 1. The smallest absolute Gasteiger partial charge is 0.225 e. The minimum Gasteiger partial charge on any atom is -0.343 e. The number of nitrogens with zero attached hydrogens (tertiary/aromatic N) is 1. The summed E-state index contributed by atoms with van der Waals surface area (Å²) in [6, 6.07) is 0.689. The number of rotatable bonds is 2. The second kappa shape index (κ2) is 6.25. The number of hydrogen-bond donors (Lipinski definition) is 1. The van der Waals surface area contributed by atoms with Crippen LogP contribution in [-0.4, -0.2) is 29.9 Å². The van der Waals surface area contributed by atoms with Crippen molar-refractivity contribution in [2.45, 2.75) is 70.9 Å². The molecule has 0 aromatic carbocycles. The molecule has 0 saturated heterocycles. The lowest BCUT2D eigenvalue weighted by Crippen LogP contribution is -2.45. The quantitative estimate of drug-likeness (QED) is 0.835. The molecule has 3 heteroatoms. The van der Waals surface area contributed by atoms with Crippen molar-refractivity contribution in [3.8, 4) is 0 Å². The summed E-state index contributed by atoms with van der Waals surface area (Å²) < 4.78 is 0. The van der Waals surface area contributed by atoms with Gasteiger partial charge >= 0.3 is 0 Å². The molecule has 3 atom stereocenters. The number of carbonyl (C=O) groups is 1. The second-order valence-corrected chi connectivity index (χ2v) is 7.13. The van der Waals surface area contributed by atoms with Crippen LogP contribution < -0.4 is 5.73 Å². The normalized spacial score (nSPS) is 39.9. The average molecular weight is 266 g/mol. The van der Waals surface area contributed by atoms with Crippen molar-refractivity contribution in [1.29, 1.82) is 0 Å². The zero-order valence-electron chi connectivity index (χ0n) is 12.8. The first-order chi connectivity index (χ1) is 8.97. The number of hydrogen-bond acceptors (Lipinski definition) is 2. The highest BCUT2D eigenvalue weighted by Gasteiger charge is 2.33. The predicted molar refractivity (Wildman–Crippen MR) is 78.7 cm³/mol. The molecule has 0 heterocycles. The van der Waals surface area contributed by atoms with Gasteiger partial charge in [-0.3, -0.25) is 4.79 Å². The van der Waals surface area contributed by atoms with E-state index in [0.717, 1.165) is 25.2 Å². The van der Waals surface area contributed by atoms with Crippen LogP contribution in [0.1, 0.15) is 58.8 Å². The summed E-state index contributed by atoms with van der Waals surface area (Å²) in [4.78, 5) is 14.7. The van der Waals surface area contributed by atoms with E-state index in [2.05, 4.69) is 13.8 Å². The van der Waals surface area contributed by atoms with Gasteiger partial charge in [0.15, 0.2) is 0 Å². The maximum absolute atomic E-state index is 12.6. The summed E-state index contributed by atoms with van der Waals surface area (Å²) in [5.41, 5.74) is 6.08. The van der Waals surface area contributed by atoms with Gasteiger partial charge in [-0.25, -0.2) is 0 Å². The molecular formula is C16H30N2O. The first-order valence-corrected chi connectivity index (χ1v) is 7.99. The van der Waals surface area contributed by atoms with Crippen molar-refractivity contribution in [2.75, 3.05) is 7.05 Å². The van der Waals surface area contributed by atoms with Crippen LogP contribution >= 0.6 is 0 Å². The fourth-order valence-electron chi connectivity index (χ4n) is 3.96. The van der Waals surface area contributed by atoms with E-state index in [1.807, 2.05) is 11.9 Å². The van der Waals surface area contributed by atoms with Gasteiger partial charge in [-0.15, -0.1) is 0 Å². The van der Waals surface area contributed by atoms with Crippen LogP contribution in [0, 0.1) is 17.8 Å². The van der Waals surface area contributed by atoms with Gasteiger partial charge in [0.1, 0.15) is 0 Å². The Kier molecular flexibility index (Phi) is 4.88. The van der Waals surface area contributed by atoms with Gasteiger partial charge in [0.2, 0.25) is 5.91 Å². The van der Waals surface area contributed by atoms with Gasteiger partial charge in [-0.05, 0) is 56.8 Å². The van der Waals surface area contributed by atoms with Crippen LogP contribution in [0.5, 0.6) is 0 Å². The molecule has 2 aliphatic rings. The van der Waals surface area contributed by atoms with Crippen LogP contribution in [0.4, 0.5) is 0 Å². The van der Waals surface area contributed by atoms with E-state index in [4.69, 9.17) is 5.73 Å². The third-order valence-corrected chi connectivity index (χ3v) is 5.21. The van der Waals surface area contributed by atoms with Crippen molar-refractivity contribution >= 4 is 5.91 Å². The third-order valence-electron chi connectivity index (χ3n) is 5.21. The largest absolute Gasteiger partial charge is 0.343 e. The Morgan fingerprint density at radius 1 is 1.00 bits per heavy atom. The van der Waals surface area contributed by atoms with Crippen LogP contribution in [-0.2, 0) is 4.79 Å². The fourth-order valence-corrected chi connectivity index (χ4v) is 3.96. The lowest BCUT2D eigenvalue weighted by Gasteiger charge is -2.38. The summed E-state index contributed by atoms with van der Waals surface area (Å²) in [5.74, 6) is 1.95. The van der Waals surface area contributed by atoms with Gasteiger partial charge in [0.25, 0.3) is 0 Å². The minimum absolute atomic E-state index is 0.170. The highest BCUT2D eigenvalue weighted by atomic mass is 16.2. The standard InChI is InChI=1S/C16H30N2O/c1-11-4-6-15(7-5-11)18(3)16(19)13-8-12(2)9-14(17)10-13/h11-15H,4-10,17H2,1-3H3. The van der Waals surface area contributed by atoms with E-state index in [1.165, 1.54) is 25.7 Å². The van der Waals surface area contributed by atoms with Crippen molar-refractivity contribution in [3.05, 3.63) is 0 Å².